The molecule has 0 spiro atoms. The van der Waals surface area contributed by atoms with Gasteiger partial charge in [-0.25, -0.2) is 4.39 Å². The predicted octanol–water partition coefficient (Wildman–Crippen LogP) is 3.53. The van der Waals surface area contributed by atoms with Crippen LogP contribution in [0.25, 0.3) is 11.4 Å². The first-order chi connectivity index (χ1) is 14.2. The number of aromatic nitrogens is 3. The summed E-state index contributed by atoms with van der Waals surface area (Å²) in [6, 6.07) is 6.67. The van der Waals surface area contributed by atoms with E-state index in [4.69, 9.17) is 4.74 Å². The Kier molecular flexibility index (Phi) is 6.30. The average Bonchev–Trinajstić information content (AvgIpc) is 3.14. The molecule has 2 aromatic rings. The van der Waals surface area contributed by atoms with Crippen molar-refractivity contribution >= 4 is 17.7 Å². The van der Waals surface area contributed by atoms with Gasteiger partial charge in [-0.1, -0.05) is 42.8 Å². The average molecular weight is 417 g/mol. The summed E-state index contributed by atoms with van der Waals surface area (Å²) in [6.07, 6.45) is 6.23. The van der Waals surface area contributed by atoms with E-state index >= 15 is 0 Å². The molecule has 154 valence electrons. The van der Waals surface area contributed by atoms with E-state index in [0.29, 0.717) is 36.2 Å². The summed E-state index contributed by atoms with van der Waals surface area (Å²) in [4.78, 5) is 14.9. The first kappa shape index (κ1) is 20.1. The van der Waals surface area contributed by atoms with Crippen molar-refractivity contribution < 1.29 is 13.9 Å². The lowest BCUT2D eigenvalue weighted by Gasteiger charge is -2.43. The fraction of sp³-hybridized carbons (Fsp3) is 0.476. The first-order valence-corrected chi connectivity index (χ1v) is 11.0. The van der Waals surface area contributed by atoms with Gasteiger partial charge in [-0.15, -0.1) is 16.8 Å². The van der Waals surface area contributed by atoms with Gasteiger partial charge in [0, 0.05) is 13.1 Å². The van der Waals surface area contributed by atoms with Gasteiger partial charge in [-0.2, -0.15) is 0 Å². The fourth-order valence-corrected chi connectivity index (χ4v) is 4.98. The minimum absolute atomic E-state index is 0.0933. The number of rotatable bonds is 6. The SMILES string of the molecule is C=CCn1c(SCC(=O)N2CCOC3CCCCC32)nnc1-c1ccccc1F. The van der Waals surface area contributed by atoms with Crippen LogP contribution < -0.4 is 0 Å². The van der Waals surface area contributed by atoms with E-state index in [-0.39, 0.29) is 29.6 Å². The molecule has 0 radical (unpaired) electrons. The van der Waals surface area contributed by atoms with E-state index in [1.54, 1.807) is 28.8 Å². The van der Waals surface area contributed by atoms with Crippen molar-refractivity contribution in [3.63, 3.8) is 0 Å². The zero-order valence-electron chi connectivity index (χ0n) is 16.3. The number of carbonyl (C=O) groups is 1. The molecule has 2 fully saturated rings. The molecule has 2 atom stereocenters. The highest BCUT2D eigenvalue weighted by Gasteiger charge is 2.36. The Morgan fingerprint density at radius 1 is 1.31 bits per heavy atom. The summed E-state index contributed by atoms with van der Waals surface area (Å²) in [5, 5.41) is 8.99. The van der Waals surface area contributed by atoms with Crippen LogP contribution in [0.5, 0.6) is 0 Å². The number of nitrogens with zero attached hydrogens (tertiary/aromatic N) is 4. The lowest BCUT2D eigenvalue weighted by molar-refractivity contribution is -0.146. The van der Waals surface area contributed by atoms with Crippen LogP contribution in [0.3, 0.4) is 0 Å². The molecule has 8 heteroatoms. The molecule has 0 N–H and O–H groups in total. The number of halogens is 1. The summed E-state index contributed by atoms with van der Waals surface area (Å²) >= 11 is 1.34. The highest BCUT2D eigenvalue weighted by molar-refractivity contribution is 7.99. The summed E-state index contributed by atoms with van der Waals surface area (Å²) in [5.41, 5.74) is 0.387. The molecule has 29 heavy (non-hydrogen) atoms. The van der Waals surface area contributed by atoms with Crippen molar-refractivity contribution in [3.05, 3.63) is 42.7 Å². The van der Waals surface area contributed by atoms with Crippen molar-refractivity contribution in [2.45, 2.75) is 49.5 Å². The largest absolute Gasteiger partial charge is 0.374 e. The highest BCUT2D eigenvalue weighted by atomic mass is 32.2. The van der Waals surface area contributed by atoms with Gasteiger partial charge in [0.15, 0.2) is 11.0 Å². The number of hydrogen-bond donors (Lipinski definition) is 0. The lowest BCUT2D eigenvalue weighted by Crippen LogP contribution is -2.55. The number of hydrogen-bond acceptors (Lipinski definition) is 5. The fourth-order valence-electron chi connectivity index (χ4n) is 4.15. The number of ether oxygens (including phenoxy) is 1. The molecule has 1 aliphatic carbocycles. The number of morpholine rings is 1. The molecular formula is C21H25FN4O2S. The second-order valence-electron chi connectivity index (χ2n) is 7.32. The molecule has 1 saturated heterocycles. The molecule has 2 unspecified atom stereocenters. The Bertz CT molecular complexity index is 885. The number of thioether (sulfide) groups is 1. The van der Waals surface area contributed by atoms with E-state index in [1.807, 2.05) is 4.90 Å². The zero-order valence-corrected chi connectivity index (χ0v) is 17.1. The zero-order chi connectivity index (χ0) is 20.2. The quantitative estimate of drug-likeness (QED) is 0.533. The van der Waals surface area contributed by atoms with Crippen LogP contribution in [-0.4, -0.2) is 56.6 Å². The predicted molar refractivity (Wildman–Crippen MR) is 110 cm³/mol. The third-order valence-corrected chi connectivity index (χ3v) is 6.47. The van der Waals surface area contributed by atoms with E-state index in [1.165, 1.54) is 24.2 Å². The van der Waals surface area contributed by atoms with Gasteiger partial charge in [0.2, 0.25) is 5.91 Å². The third kappa shape index (κ3) is 4.23. The summed E-state index contributed by atoms with van der Waals surface area (Å²) in [5.74, 6) is 0.456. The number of carbonyl (C=O) groups excluding carboxylic acids is 1. The smallest absolute Gasteiger partial charge is 0.233 e. The van der Waals surface area contributed by atoms with Crippen LogP contribution in [0, 0.1) is 5.82 Å². The molecule has 6 nitrogen and oxygen atoms in total. The van der Waals surface area contributed by atoms with Gasteiger partial charge >= 0.3 is 0 Å². The van der Waals surface area contributed by atoms with Crippen molar-refractivity contribution in [3.8, 4) is 11.4 Å². The maximum atomic E-state index is 14.2. The lowest BCUT2D eigenvalue weighted by atomic mass is 9.90. The second-order valence-corrected chi connectivity index (χ2v) is 8.26. The maximum Gasteiger partial charge on any atom is 0.233 e. The van der Waals surface area contributed by atoms with Crippen LogP contribution in [0.4, 0.5) is 4.39 Å². The van der Waals surface area contributed by atoms with Crippen molar-refractivity contribution in [1.29, 1.82) is 0 Å². The van der Waals surface area contributed by atoms with Crippen LogP contribution in [-0.2, 0) is 16.1 Å². The van der Waals surface area contributed by atoms with Crippen LogP contribution in [0.2, 0.25) is 0 Å². The molecule has 1 aromatic heterocycles. The summed E-state index contributed by atoms with van der Waals surface area (Å²) in [7, 11) is 0. The highest BCUT2D eigenvalue weighted by Crippen LogP contribution is 2.30. The normalized spacial score (nSPS) is 21.6. The van der Waals surface area contributed by atoms with Crippen LogP contribution in [0.1, 0.15) is 25.7 Å². The van der Waals surface area contributed by atoms with Crippen LogP contribution in [0.15, 0.2) is 42.1 Å². The maximum absolute atomic E-state index is 14.2. The minimum atomic E-state index is -0.352. The summed E-state index contributed by atoms with van der Waals surface area (Å²) < 4.78 is 21.9. The molecule has 0 bridgehead atoms. The van der Waals surface area contributed by atoms with Gasteiger partial charge in [0.1, 0.15) is 5.82 Å². The number of amides is 1. The standard InChI is InChI=1S/C21H25FN4O2S/c1-2-11-26-20(15-7-3-4-8-16(15)22)23-24-21(26)29-14-19(27)25-12-13-28-18-10-6-5-9-17(18)25/h2-4,7-8,17-18H,1,5-6,9-14H2. The number of benzene rings is 1. The minimum Gasteiger partial charge on any atom is -0.374 e. The first-order valence-electron chi connectivity index (χ1n) is 10.0. The molecule has 1 saturated carbocycles. The van der Waals surface area contributed by atoms with Gasteiger partial charge in [0.05, 0.1) is 30.1 Å². The Balaban J connectivity index is 1.49. The molecule has 1 aromatic carbocycles. The molecule has 4 rings (SSSR count). The van der Waals surface area contributed by atoms with E-state index < -0.39 is 0 Å². The molecule has 1 aliphatic heterocycles. The van der Waals surface area contributed by atoms with Gasteiger partial charge in [-0.3, -0.25) is 9.36 Å². The van der Waals surface area contributed by atoms with E-state index in [2.05, 4.69) is 16.8 Å². The molecule has 1 amide bonds. The van der Waals surface area contributed by atoms with Crippen molar-refractivity contribution in [1.82, 2.24) is 19.7 Å². The topological polar surface area (TPSA) is 60.2 Å². The van der Waals surface area contributed by atoms with Gasteiger partial charge < -0.3 is 9.64 Å². The van der Waals surface area contributed by atoms with Gasteiger partial charge in [0.25, 0.3) is 0 Å². The van der Waals surface area contributed by atoms with Crippen LogP contribution >= 0.6 is 11.8 Å². The Hall–Kier alpha value is -2.19. The van der Waals surface area contributed by atoms with Gasteiger partial charge in [-0.05, 0) is 25.0 Å². The Morgan fingerprint density at radius 2 is 2.14 bits per heavy atom. The number of allylic oxidation sites excluding steroid dienone is 1. The van der Waals surface area contributed by atoms with Crippen molar-refractivity contribution in [2.24, 2.45) is 0 Å². The van der Waals surface area contributed by atoms with E-state index in [9.17, 15) is 9.18 Å². The third-order valence-electron chi connectivity index (χ3n) is 5.52. The molecular weight excluding hydrogens is 391 g/mol. The Morgan fingerprint density at radius 3 is 2.97 bits per heavy atom. The number of fused-ring (bicyclic) bond motifs is 1. The summed E-state index contributed by atoms with van der Waals surface area (Å²) in [6.45, 7) is 5.46. The molecule has 2 heterocycles. The Labute approximate surface area is 174 Å². The van der Waals surface area contributed by atoms with E-state index in [0.717, 1.165) is 19.3 Å². The monoisotopic (exact) mass is 416 g/mol. The van der Waals surface area contributed by atoms with Crippen molar-refractivity contribution in [2.75, 3.05) is 18.9 Å². The molecule has 2 aliphatic rings. The second kappa shape index (κ2) is 9.09.